The van der Waals surface area contributed by atoms with Crippen molar-refractivity contribution in [2.45, 2.75) is 31.8 Å². The number of carbonyl (C=O) groups is 1. The highest BCUT2D eigenvalue weighted by molar-refractivity contribution is 5.99. The molecular weight excluding hydrogens is 362 g/mol. The summed E-state index contributed by atoms with van der Waals surface area (Å²) < 4.78 is 1.93. The van der Waals surface area contributed by atoms with Crippen LogP contribution in [-0.2, 0) is 5.54 Å². The SMILES string of the molecule is CC1(C)CC(c2ccccc2)Nc2c(C(=O)NCCNc3ccccc3)cnn21. The highest BCUT2D eigenvalue weighted by atomic mass is 16.1. The number of amides is 1. The summed E-state index contributed by atoms with van der Waals surface area (Å²) in [6, 6.07) is 20.4. The molecule has 29 heavy (non-hydrogen) atoms. The number of para-hydroxylation sites is 1. The molecule has 1 atom stereocenters. The molecule has 4 rings (SSSR count). The third kappa shape index (κ3) is 4.11. The standard InChI is InChI=1S/C23H27N5O/c1-23(2)15-20(17-9-5-3-6-10-17)27-21-19(16-26-28(21)23)22(29)25-14-13-24-18-11-7-4-8-12-18/h3-12,16,20,24,27H,13-15H2,1-2H3,(H,25,29). The Morgan fingerprint density at radius 3 is 2.52 bits per heavy atom. The number of fused-ring (bicyclic) bond motifs is 1. The van der Waals surface area contributed by atoms with E-state index in [0.29, 0.717) is 18.7 Å². The van der Waals surface area contributed by atoms with E-state index >= 15 is 0 Å². The van der Waals surface area contributed by atoms with Gasteiger partial charge >= 0.3 is 0 Å². The van der Waals surface area contributed by atoms with Gasteiger partial charge in [0.2, 0.25) is 0 Å². The monoisotopic (exact) mass is 389 g/mol. The number of rotatable bonds is 6. The molecule has 150 valence electrons. The van der Waals surface area contributed by atoms with Gasteiger partial charge in [0, 0.05) is 18.8 Å². The predicted octanol–water partition coefficient (Wildman–Crippen LogP) is 4.02. The minimum atomic E-state index is -0.186. The van der Waals surface area contributed by atoms with Crippen LogP contribution in [0.15, 0.2) is 66.9 Å². The first-order valence-corrected chi connectivity index (χ1v) is 10.0. The van der Waals surface area contributed by atoms with Gasteiger partial charge in [0.05, 0.1) is 17.8 Å². The molecule has 1 aliphatic rings. The lowest BCUT2D eigenvalue weighted by atomic mass is 9.89. The summed E-state index contributed by atoms with van der Waals surface area (Å²) in [6.45, 7) is 5.51. The van der Waals surface area contributed by atoms with E-state index in [2.05, 4.69) is 47.0 Å². The molecule has 1 aliphatic heterocycles. The van der Waals surface area contributed by atoms with Crippen LogP contribution in [0.25, 0.3) is 0 Å². The summed E-state index contributed by atoms with van der Waals surface area (Å²) >= 11 is 0. The molecule has 0 fully saturated rings. The van der Waals surface area contributed by atoms with Crippen molar-refractivity contribution in [3.63, 3.8) is 0 Å². The molecular formula is C23H27N5O. The largest absolute Gasteiger partial charge is 0.383 e. The normalized spacial score (nSPS) is 17.1. The molecule has 0 saturated carbocycles. The third-order valence-electron chi connectivity index (χ3n) is 5.32. The summed E-state index contributed by atoms with van der Waals surface area (Å²) in [7, 11) is 0. The molecule has 0 bridgehead atoms. The Balaban J connectivity index is 1.44. The van der Waals surface area contributed by atoms with Crippen molar-refractivity contribution in [3.8, 4) is 0 Å². The Morgan fingerprint density at radius 1 is 1.10 bits per heavy atom. The minimum absolute atomic E-state index is 0.113. The third-order valence-corrected chi connectivity index (χ3v) is 5.32. The van der Waals surface area contributed by atoms with Crippen molar-refractivity contribution < 1.29 is 4.79 Å². The topological polar surface area (TPSA) is 71.0 Å². The van der Waals surface area contributed by atoms with E-state index in [4.69, 9.17) is 0 Å². The summed E-state index contributed by atoms with van der Waals surface area (Å²) in [4.78, 5) is 12.8. The Morgan fingerprint density at radius 2 is 1.79 bits per heavy atom. The van der Waals surface area contributed by atoms with Crippen molar-refractivity contribution in [2.75, 3.05) is 23.7 Å². The molecule has 2 heterocycles. The van der Waals surface area contributed by atoms with Crippen molar-refractivity contribution in [3.05, 3.63) is 78.0 Å². The van der Waals surface area contributed by atoms with Gasteiger partial charge < -0.3 is 16.0 Å². The second-order valence-electron chi connectivity index (χ2n) is 7.99. The van der Waals surface area contributed by atoms with Crippen LogP contribution in [0.1, 0.15) is 42.2 Å². The lowest BCUT2D eigenvalue weighted by molar-refractivity contribution is 0.0955. The molecule has 3 aromatic rings. The number of nitrogens with zero attached hydrogens (tertiary/aromatic N) is 2. The fourth-order valence-corrected chi connectivity index (χ4v) is 3.84. The average molecular weight is 390 g/mol. The minimum Gasteiger partial charge on any atom is -0.383 e. The van der Waals surface area contributed by atoms with E-state index in [1.807, 2.05) is 53.2 Å². The van der Waals surface area contributed by atoms with Gasteiger partial charge in [-0.25, -0.2) is 4.68 Å². The van der Waals surface area contributed by atoms with Gasteiger partial charge in [-0.05, 0) is 38.0 Å². The molecule has 0 spiro atoms. The van der Waals surface area contributed by atoms with Gasteiger partial charge in [0.1, 0.15) is 11.4 Å². The maximum absolute atomic E-state index is 12.8. The number of hydrogen-bond donors (Lipinski definition) is 3. The van der Waals surface area contributed by atoms with Gasteiger partial charge in [0.25, 0.3) is 5.91 Å². The van der Waals surface area contributed by atoms with Crippen molar-refractivity contribution in [1.82, 2.24) is 15.1 Å². The molecule has 3 N–H and O–H groups in total. The molecule has 1 aromatic heterocycles. The smallest absolute Gasteiger partial charge is 0.256 e. The van der Waals surface area contributed by atoms with Crippen LogP contribution in [0.3, 0.4) is 0 Å². The first-order chi connectivity index (χ1) is 14.0. The molecule has 2 aromatic carbocycles. The van der Waals surface area contributed by atoms with Crippen LogP contribution in [0.2, 0.25) is 0 Å². The number of nitrogens with one attached hydrogen (secondary N) is 3. The first kappa shape index (κ1) is 19.1. The van der Waals surface area contributed by atoms with Crippen molar-refractivity contribution in [1.29, 1.82) is 0 Å². The zero-order valence-electron chi connectivity index (χ0n) is 16.9. The van der Waals surface area contributed by atoms with E-state index in [1.54, 1.807) is 6.20 Å². The fourth-order valence-electron chi connectivity index (χ4n) is 3.84. The van der Waals surface area contributed by atoms with Crippen molar-refractivity contribution >= 4 is 17.4 Å². The maximum Gasteiger partial charge on any atom is 0.256 e. The first-order valence-electron chi connectivity index (χ1n) is 10.0. The second kappa shape index (κ2) is 7.99. The predicted molar refractivity (Wildman–Crippen MR) is 116 cm³/mol. The highest BCUT2D eigenvalue weighted by Gasteiger charge is 2.36. The average Bonchev–Trinajstić information content (AvgIpc) is 3.17. The Kier molecular flexibility index (Phi) is 5.25. The number of carbonyl (C=O) groups excluding carboxylic acids is 1. The van der Waals surface area contributed by atoms with Crippen LogP contribution in [0, 0.1) is 0 Å². The van der Waals surface area contributed by atoms with Gasteiger partial charge in [-0.3, -0.25) is 4.79 Å². The number of aromatic nitrogens is 2. The molecule has 0 radical (unpaired) electrons. The maximum atomic E-state index is 12.8. The van der Waals surface area contributed by atoms with Crippen LogP contribution in [0.4, 0.5) is 11.5 Å². The molecule has 0 saturated heterocycles. The molecule has 6 heteroatoms. The summed E-state index contributed by atoms with van der Waals surface area (Å²) in [5, 5.41) is 14.3. The molecule has 6 nitrogen and oxygen atoms in total. The zero-order valence-corrected chi connectivity index (χ0v) is 16.9. The van der Waals surface area contributed by atoms with E-state index in [-0.39, 0.29) is 17.5 Å². The van der Waals surface area contributed by atoms with Crippen molar-refractivity contribution in [2.24, 2.45) is 0 Å². The van der Waals surface area contributed by atoms with Gasteiger partial charge in [-0.15, -0.1) is 0 Å². The second-order valence-corrected chi connectivity index (χ2v) is 7.99. The van der Waals surface area contributed by atoms with E-state index in [0.717, 1.165) is 17.9 Å². The molecule has 0 aliphatic carbocycles. The van der Waals surface area contributed by atoms with Gasteiger partial charge in [-0.2, -0.15) is 5.10 Å². The summed E-state index contributed by atoms with van der Waals surface area (Å²) in [5.74, 6) is 0.668. The van der Waals surface area contributed by atoms with E-state index < -0.39 is 0 Å². The lowest BCUT2D eigenvalue weighted by Crippen LogP contribution is -2.38. The van der Waals surface area contributed by atoms with Crippen LogP contribution in [0.5, 0.6) is 0 Å². The number of anilines is 2. The summed E-state index contributed by atoms with van der Waals surface area (Å²) in [5.41, 5.74) is 2.65. The number of hydrogen-bond acceptors (Lipinski definition) is 4. The van der Waals surface area contributed by atoms with Gasteiger partial charge in [-0.1, -0.05) is 48.5 Å². The molecule has 1 unspecified atom stereocenters. The Bertz CT molecular complexity index is 965. The lowest BCUT2D eigenvalue weighted by Gasteiger charge is -2.38. The van der Waals surface area contributed by atoms with E-state index in [1.165, 1.54) is 5.56 Å². The highest BCUT2D eigenvalue weighted by Crippen LogP contribution is 2.39. The van der Waals surface area contributed by atoms with Crippen LogP contribution >= 0.6 is 0 Å². The van der Waals surface area contributed by atoms with Gasteiger partial charge in [0.15, 0.2) is 0 Å². The van der Waals surface area contributed by atoms with Crippen LogP contribution < -0.4 is 16.0 Å². The quantitative estimate of drug-likeness (QED) is 0.557. The fraction of sp³-hybridized carbons (Fsp3) is 0.304. The summed E-state index contributed by atoms with van der Waals surface area (Å²) in [6.07, 6.45) is 2.56. The number of benzene rings is 2. The van der Waals surface area contributed by atoms with Crippen LogP contribution in [-0.4, -0.2) is 28.8 Å². The Hall–Kier alpha value is -3.28. The Labute approximate surface area is 171 Å². The zero-order chi connectivity index (χ0) is 20.3. The molecule has 1 amide bonds. The van der Waals surface area contributed by atoms with E-state index in [9.17, 15) is 4.79 Å².